The highest BCUT2D eigenvalue weighted by molar-refractivity contribution is 6.06. The lowest BCUT2D eigenvalue weighted by molar-refractivity contribution is -0.124. The number of hydrogen-bond acceptors (Lipinski definition) is 3. The summed E-state index contributed by atoms with van der Waals surface area (Å²) in [5, 5.41) is 5.85. The van der Waals surface area contributed by atoms with Crippen LogP contribution in [0, 0.1) is 0 Å². The van der Waals surface area contributed by atoms with Crippen molar-refractivity contribution in [2.75, 3.05) is 17.2 Å². The highest BCUT2D eigenvalue weighted by atomic mass is 16.5. The summed E-state index contributed by atoms with van der Waals surface area (Å²) in [6.07, 6.45) is 1.94. The molecule has 5 nitrogen and oxygen atoms in total. The van der Waals surface area contributed by atoms with Crippen molar-refractivity contribution < 1.29 is 14.3 Å². The van der Waals surface area contributed by atoms with Crippen molar-refractivity contribution in [2.24, 2.45) is 0 Å². The average molecular weight is 400 g/mol. The van der Waals surface area contributed by atoms with Gasteiger partial charge in [0.1, 0.15) is 6.10 Å². The molecule has 1 aliphatic heterocycles. The molecule has 0 bridgehead atoms. The minimum Gasteiger partial charge on any atom is -0.368 e. The Labute approximate surface area is 176 Å². The van der Waals surface area contributed by atoms with Gasteiger partial charge in [0, 0.05) is 23.5 Å². The maximum absolute atomic E-state index is 12.9. The van der Waals surface area contributed by atoms with Crippen LogP contribution in [0.25, 0.3) is 0 Å². The Hall–Kier alpha value is -3.44. The van der Waals surface area contributed by atoms with Gasteiger partial charge in [-0.15, -0.1) is 0 Å². The number of benzene rings is 3. The van der Waals surface area contributed by atoms with Gasteiger partial charge >= 0.3 is 0 Å². The Balaban J connectivity index is 1.46. The summed E-state index contributed by atoms with van der Waals surface area (Å²) >= 11 is 0. The number of nitrogens with one attached hydrogen (secondary N) is 2. The highest BCUT2D eigenvalue weighted by Crippen LogP contribution is 2.21. The lowest BCUT2D eigenvalue weighted by Crippen LogP contribution is -2.27. The van der Waals surface area contributed by atoms with E-state index in [2.05, 4.69) is 22.8 Å². The fraction of sp³-hybridized carbons (Fsp3) is 0.200. The van der Waals surface area contributed by atoms with E-state index >= 15 is 0 Å². The van der Waals surface area contributed by atoms with Crippen LogP contribution >= 0.6 is 0 Å². The first-order chi connectivity index (χ1) is 14.7. The number of para-hydroxylation sites is 1. The predicted octanol–water partition coefficient (Wildman–Crippen LogP) is 4.65. The minimum absolute atomic E-state index is 0.168. The molecular formula is C25H24N2O3. The van der Waals surface area contributed by atoms with Gasteiger partial charge in [-0.3, -0.25) is 9.59 Å². The third-order valence-electron chi connectivity index (χ3n) is 5.12. The third-order valence-corrected chi connectivity index (χ3v) is 5.12. The van der Waals surface area contributed by atoms with Crippen molar-refractivity contribution in [3.63, 3.8) is 0 Å². The monoisotopic (exact) mass is 400 g/mol. The lowest BCUT2D eigenvalue weighted by atomic mass is 10.0. The molecule has 5 heteroatoms. The predicted molar refractivity (Wildman–Crippen MR) is 118 cm³/mol. The quantitative estimate of drug-likeness (QED) is 0.633. The SMILES string of the molecule is O=C(Nc1ccccc1Cc1ccccc1)c1cccc(NC(=O)C2CCCO2)c1. The smallest absolute Gasteiger partial charge is 0.255 e. The average Bonchev–Trinajstić information content (AvgIpc) is 3.31. The fourth-order valence-electron chi connectivity index (χ4n) is 3.55. The molecule has 1 heterocycles. The number of ether oxygens (including phenoxy) is 1. The first-order valence-electron chi connectivity index (χ1n) is 10.1. The van der Waals surface area contributed by atoms with Crippen LogP contribution in [0.5, 0.6) is 0 Å². The van der Waals surface area contributed by atoms with Gasteiger partial charge in [0.15, 0.2) is 0 Å². The van der Waals surface area contributed by atoms with Crippen LogP contribution in [-0.2, 0) is 16.0 Å². The maximum atomic E-state index is 12.9. The van der Waals surface area contributed by atoms with Crippen LogP contribution < -0.4 is 10.6 Å². The first kappa shape index (κ1) is 19.9. The second kappa shape index (κ2) is 9.37. The van der Waals surface area contributed by atoms with Gasteiger partial charge in [0.05, 0.1) is 0 Å². The van der Waals surface area contributed by atoms with E-state index in [-0.39, 0.29) is 11.8 Å². The Morgan fingerprint density at radius 1 is 0.900 bits per heavy atom. The molecule has 1 fully saturated rings. The Morgan fingerprint density at radius 3 is 2.50 bits per heavy atom. The number of carbonyl (C=O) groups excluding carboxylic acids is 2. The number of anilines is 2. The van der Waals surface area contributed by atoms with Crippen LogP contribution in [0.3, 0.4) is 0 Å². The largest absolute Gasteiger partial charge is 0.368 e. The van der Waals surface area contributed by atoms with Crippen molar-refractivity contribution in [3.8, 4) is 0 Å². The summed E-state index contributed by atoms with van der Waals surface area (Å²) in [5.41, 5.74) is 4.06. The molecule has 0 radical (unpaired) electrons. The molecule has 0 aliphatic carbocycles. The molecule has 0 aromatic heterocycles. The summed E-state index contributed by atoms with van der Waals surface area (Å²) in [6.45, 7) is 0.614. The van der Waals surface area contributed by atoms with Gasteiger partial charge in [-0.2, -0.15) is 0 Å². The van der Waals surface area contributed by atoms with Crippen LogP contribution in [-0.4, -0.2) is 24.5 Å². The van der Waals surface area contributed by atoms with Crippen LogP contribution in [0.1, 0.15) is 34.3 Å². The molecule has 1 unspecified atom stereocenters. The van der Waals surface area contributed by atoms with E-state index in [9.17, 15) is 9.59 Å². The van der Waals surface area contributed by atoms with Crippen molar-refractivity contribution in [2.45, 2.75) is 25.4 Å². The molecule has 152 valence electrons. The topological polar surface area (TPSA) is 67.4 Å². The molecule has 30 heavy (non-hydrogen) atoms. The molecule has 1 aliphatic rings. The standard InChI is InChI=1S/C25H24N2O3/c28-24(20-11-6-12-21(17-20)26-25(29)23-14-7-15-30-23)27-22-13-5-4-10-19(22)16-18-8-2-1-3-9-18/h1-6,8-13,17,23H,7,14-16H2,(H,26,29)(H,27,28). The van der Waals surface area contributed by atoms with Gasteiger partial charge in [-0.05, 0) is 54.7 Å². The molecule has 4 rings (SSSR count). The first-order valence-corrected chi connectivity index (χ1v) is 10.1. The zero-order valence-electron chi connectivity index (χ0n) is 16.6. The lowest BCUT2D eigenvalue weighted by Gasteiger charge is -2.13. The van der Waals surface area contributed by atoms with E-state index in [0.717, 1.165) is 30.5 Å². The summed E-state index contributed by atoms with van der Waals surface area (Å²) in [7, 11) is 0. The number of carbonyl (C=O) groups is 2. The second-order valence-electron chi connectivity index (χ2n) is 7.35. The molecule has 1 saturated heterocycles. The number of amides is 2. The van der Waals surface area contributed by atoms with Crippen molar-refractivity contribution >= 4 is 23.2 Å². The Morgan fingerprint density at radius 2 is 1.70 bits per heavy atom. The summed E-state index contributed by atoms with van der Waals surface area (Å²) in [4.78, 5) is 25.1. The van der Waals surface area contributed by atoms with Crippen LogP contribution in [0.4, 0.5) is 11.4 Å². The maximum Gasteiger partial charge on any atom is 0.255 e. The van der Waals surface area contributed by atoms with Crippen molar-refractivity contribution in [1.82, 2.24) is 0 Å². The van der Waals surface area contributed by atoms with Gasteiger partial charge in [-0.1, -0.05) is 54.6 Å². The van der Waals surface area contributed by atoms with Gasteiger partial charge in [-0.25, -0.2) is 0 Å². The molecule has 3 aromatic rings. The van der Waals surface area contributed by atoms with Crippen LogP contribution in [0.2, 0.25) is 0 Å². The summed E-state index contributed by atoms with van der Waals surface area (Å²) < 4.78 is 5.41. The third kappa shape index (κ3) is 4.93. The van der Waals surface area contributed by atoms with E-state index in [4.69, 9.17) is 4.74 Å². The summed E-state index contributed by atoms with van der Waals surface area (Å²) in [5.74, 6) is -0.387. The number of hydrogen-bond donors (Lipinski definition) is 2. The van der Waals surface area contributed by atoms with E-state index in [1.165, 1.54) is 5.56 Å². The molecular weight excluding hydrogens is 376 g/mol. The van der Waals surface area contributed by atoms with E-state index < -0.39 is 6.10 Å². The molecule has 3 aromatic carbocycles. The van der Waals surface area contributed by atoms with Crippen molar-refractivity contribution in [1.29, 1.82) is 0 Å². The molecule has 2 amide bonds. The highest BCUT2D eigenvalue weighted by Gasteiger charge is 2.23. The van der Waals surface area contributed by atoms with Gasteiger partial charge < -0.3 is 15.4 Å². The molecule has 2 N–H and O–H groups in total. The molecule has 0 spiro atoms. The van der Waals surface area contributed by atoms with E-state index in [1.54, 1.807) is 24.3 Å². The van der Waals surface area contributed by atoms with Gasteiger partial charge in [0.2, 0.25) is 0 Å². The molecule has 0 saturated carbocycles. The molecule has 1 atom stereocenters. The van der Waals surface area contributed by atoms with Crippen molar-refractivity contribution in [3.05, 3.63) is 95.6 Å². The number of rotatable bonds is 6. The Bertz CT molecular complexity index is 1030. The Kier molecular flexibility index (Phi) is 6.20. The minimum atomic E-state index is -0.410. The fourth-order valence-corrected chi connectivity index (χ4v) is 3.55. The van der Waals surface area contributed by atoms with E-state index in [0.29, 0.717) is 17.9 Å². The van der Waals surface area contributed by atoms with Crippen LogP contribution in [0.15, 0.2) is 78.9 Å². The zero-order chi connectivity index (χ0) is 20.8. The van der Waals surface area contributed by atoms with E-state index in [1.807, 2.05) is 42.5 Å². The zero-order valence-corrected chi connectivity index (χ0v) is 16.6. The summed E-state index contributed by atoms with van der Waals surface area (Å²) in [6, 6.07) is 24.9. The van der Waals surface area contributed by atoms with Gasteiger partial charge in [0.25, 0.3) is 11.8 Å². The second-order valence-corrected chi connectivity index (χ2v) is 7.35. The normalized spacial score (nSPS) is 15.5.